The van der Waals surface area contributed by atoms with Gasteiger partial charge in [0.2, 0.25) is 15.9 Å². The van der Waals surface area contributed by atoms with E-state index in [0.29, 0.717) is 37.7 Å². The van der Waals surface area contributed by atoms with E-state index in [1.807, 2.05) is 42.3 Å². The summed E-state index contributed by atoms with van der Waals surface area (Å²) in [6.45, 7) is 1.56. The molecule has 0 unspecified atom stereocenters. The average molecular weight is 448 g/mol. The van der Waals surface area contributed by atoms with Gasteiger partial charge in [-0.2, -0.15) is 4.31 Å². The third-order valence-corrected chi connectivity index (χ3v) is 7.21. The van der Waals surface area contributed by atoms with Gasteiger partial charge in [-0.15, -0.1) is 0 Å². The summed E-state index contributed by atoms with van der Waals surface area (Å²) in [6, 6.07) is 14.6. The van der Waals surface area contributed by atoms with E-state index in [9.17, 15) is 13.2 Å². The summed E-state index contributed by atoms with van der Waals surface area (Å²) >= 11 is 0. The van der Waals surface area contributed by atoms with Crippen molar-refractivity contribution >= 4 is 21.6 Å². The molecule has 1 aliphatic rings. The number of anilines is 1. The molecule has 1 heterocycles. The molecule has 168 valence electrons. The number of carbonyl (C=O) groups excluding carboxylic acids is 1. The van der Waals surface area contributed by atoms with Gasteiger partial charge in [0.05, 0.1) is 26.5 Å². The zero-order chi connectivity index (χ0) is 22.4. The summed E-state index contributed by atoms with van der Waals surface area (Å²) in [7, 11) is 1.57. The van der Waals surface area contributed by atoms with Crippen molar-refractivity contribution in [2.75, 3.05) is 58.9 Å². The molecule has 31 heavy (non-hydrogen) atoms. The summed E-state index contributed by atoms with van der Waals surface area (Å²) in [5.41, 5.74) is 1.59. The van der Waals surface area contributed by atoms with Gasteiger partial charge in [0.25, 0.3) is 0 Å². The van der Waals surface area contributed by atoms with E-state index in [-0.39, 0.29) is 18.2 Å². The molecule has 1 fully saturated rings. The van der Waals surface area contributed by atoms with Crippen molar-refractivity contribution in [3.63, 3.8) is 0 Å². The van der Waals surface area contributed by atoms with Crippen LogP contribution >= 0.6 is 0 Å². The highest BCUT2D eigenvalue weighted by Crippen LogP contribution is 2.31. The third kappa shape index (κ3) is 5.68. The van der Waals surface area contributed by atoms with Gasteiger partial charge in [0.1, 0.15) is 0 Å². The Morgan fingerprint density at radius 2 is 1.61 bits per heavy atom. The highest BCUT2D eigenvalue weighted by molar-refractivity contribution is 7.88. The van der Waals surface area contributed by atoms with Crippen LogP contribution in [0.25, 0.3) is 0 Å². The minimum absolute atomic E-state index is 0.0240. The molecule has 1 aliphatic heterocycles. The summed E-state index contributed by atoms with van der Waals surface area (Å²) in [4.78, 5) is 16.3. The predicted molar refractivity (Wildman–Crippen MR) is 120 cm³/mol. The van der Waals surface area contributed by atoms with E-state index in [1.165, 1.54) is 4.31 Å². The van der Waals surface area contributed by atoms with E-state index in [1.54, 1.807) is 37.3 Å². The number of methoxy groups -OCH3 is 2. The van der Waals surface area contributed by atoms with Crippen LogP contribution in [0.1, 0.15) is 5.56 Å². The van der Waals surface area contributed by atoms with Crippen LogP contribution < -0.4 is 14.4 Å². The Balaban J connectivity index is 1.55. The van der Waals surface area contributed by atoms with Crippen molar-refractivity contribution in [2.24, 2.45) is 0 Å². The van der Waals surface area contributed by atoms with E-state index < -0.39 is 10.0 Å². The molecule has 1 amide bonds. The van der Waals surface area contributed by atoms with Crippen molar-refractivity contribution in [3.05, 3.63) is 54.1 Å². The Morgan fingerprint density at radius 3 is 2.23 bits per heavy atom. The zero-order valence-corrected chi connectivity index (χ0v) is 19.0. The molecule has 0 spiro atoms. The Kier molecular flexibility index (Phi) is 7.40. The van der Waals surface area contributed by atoms with Crippen molar-refractivity contribution in [1.82, 2.24) is 9.21 Å². The number of hydrogen-bond acceptors (Lipinski definition) is 6. The number of sulfonamides is 1. The first-order chi connectivity index (χ1) is 14.8. The van der Waals surface area contributed by atoms with Crippen LogP contribution in [-0.2, 0) is 20.6 Å². The number of ether oxygens (including phenoxy) is 2. The normalized spacial score (nSPS) is 14.9. The molecule has 0 saturated carbocycles. The molecule has 2 aromatic carbocycles. The number of piperazine rings is 1. The second-order valence-electron chi connectivity index (χ2n) is 7.42. The maximum atomic E-state index is 12.8. The number of carbonyl (C=O) groups is 1. The molecule has 0 bridgehead atoms. The summed E-state index contributed by atoms with van der Waals surface area (Å²) in [6.07, 6.45) is 0. The third-order valence-electron chi connectivity index (χ3n) is 5.36. The predicted octanol–water partition coefficient (Wildman–Crippen LogP) is 1.81. The van der Waals surface area contributed by atoms with E-state index in [4.69, 9.17) is 9.47 Å². The van der Waals surface area contributed by atoms with Crippen LogP contribution in [0.5, 0.6) is 11.5 Å². The molecular formula is C22H29N3O5S. The molecule has 0 aromatic heterocycles. The Bertz CT molecular complexity index is 989. The fourth-order valence-electron chi connectivity index (χ4n) is 3.55. The first-order valence-electron chi connectivity index (χ1n) is 10.1. The maximum absolute atomic E-state index is 12.8. The van der Waals surface area contributed by atoms with Crippen LogP contribution in [0.4, 0.5) is 5.69 Å². The summed E-state index contributed by atoms with van der Waals surface area (Å²) in [5.74, 6) is 1.15. The topological polar surface area (TPSA) is 79.4 Å². The van der Waals surface area contributed by atoms with Gasteiger partial charge in [-0.3, -0.25) is 4.79 Å². The number of benzene rings is 2. The highest BCUT2D eigenvalue weighted by atomic mass is 32.2. The molecule has 0 aliphatic carbocycles. The van der Waals surface area contributed by atoms with Gasteiger partial charge in [-0.1, -0.05) is 30.3 Å². The molecule has 0 radical (unpaired) electrons. The van der Waals surface area contributed by atoms with Crippen molar-refractivity contribution < 1.29 is 22.7 Å². The molecule has 0 N–H and O–H groups in total. The van der Waals surface area contributed by atoms with Crippen LogP contribution in [0.15, 0.2) is 48.5 Å². The molecule has 9 heteroatoms. The SMILES string of the molecule is COc1ccc(N(C)CC(=O)N2CCN(S(=O)(=O)Cc3ccccc3)CC2)cc1OC. The average Bonchev–Trinajstić information content (AvgIpc) is 2.79. The Labute approximate surface area is 184 Å². The van der Waals surface area contributed by atoms with Crippen LogP contribution in [-0.4, -0.2) is 77.5 Å². The van der Waals surface area contributed by atoms with E-state index >= 15 is 0 Å². The summed E-state index contributed by atoms with van der Waals surface area (Å²) < 4.78 is 37.4. The van der Waals surface area contributed by atoms with Crippen LogP contribution in [0, 0.1) is 0 Å². The zero-order valence-electron chi connectivity index (χ0n) is 18.2. The smallest absolute Gasteiger partial charge is 0.242 e. The first-order valence-corrected chi connectivity index (χ1v) is 11.7. The lowest BCUT2D eigenvalue weighted by atomic mass is 10.2. The van der Waals surface area contributed by atoms with Gasteiger partial charge in [0, 0.05) is 45.0 Å². The van der Waals surface area contributed by atoms with Gasteiger partial charge in [-0.25, -0.2) is 8.42 Å². The standard InChI is InChI=1S/C22H29N3O5S/c1-23(19-9-10-20(29-2)21(15-19)30-3)16-22(26)24-11-13-25(14-12-24)31(27,28)17-18-7-5-4-6-8-18/h4-10,15H,11-14,16-17H2,1-3H3. The molecular weight excluding hydrogens is 418 g/mol. The molecule has 0 atom stereocenters. The minimum Gasteiger partial charge on any atom is -0.493 e. The largest absolute Gasteiger partial charge is 0.493 e. The fourth-order valence-corrected chi connectivity index (χ4v) is 5.06. The van der Waals surface area contributed by atoms with Crippen LogP contribution in [0.2, 0.25) is 0 Å². The van der Waals surface area contributed by atoms with Gasteiger partial charge in [0.15, 0.2) is 11.5 Å². The molecule has 8 nitrogen and oxygen atoms in total. The second kappa shape index (κ2) is 10.0. The Hall–Kier alpha value is -2.78. The lowest BCUT2D eigenvalue weighted by molar-refractivity contribution is -0.130. The van der Waals surface area contributed by atoms with Gasteiger partial charge in [-0.05, 0) is 17.7 Å². The van der Waals surface area contributed by atoms with Gasteiger partial charge >= 0.3 is 0 Å². The Morgan fingerprint density at radius 1 is 0.968 bits per heavy atom. The monoisotopic (exact) mass is 447 g/mol. The minimum atomic E-state index is -3.41. The van der Waals surface area contributed by atoms with Gasteiger partial charge < -0.3 is 19.3 Å². The number of hydrogen-bond donors (Lipinski definition) is 0. The fraction of sp³-hybridized carbons (Fsp3) is 0.409. The number of nitrogens with zero attached hydrogens (tertiary/aromatic N) is 3. The molecule has 1 saturated heterocycles. The lowest BCUT2D eigenvalue weighted by Crippen LogP contribution is -2.52. The highest BCUT2D eigenvalue weighted by Gasteiger charge is 2.29. The number of likely N-dealkylation sites (N-methyl/N-ethyl adjacent to an activating group) is 1. The number of rotatable bonds is 8. The molecule has 3 rings (SSSR count). The van der Waals surface area contributed by atoms with Crippen molar-refractivity contribution in [3.8, 4) is 11.5 Å². The van der Waals surface area contributed by atoms with Crippen molar-refractivity contribution in [1.29, 1.82) is 0 Å². The first kappa shape index (κ1) is 22.9. The second-order valence-corrected chi connectivity index (χ2v) is 9.39. The quantitative estimate of drug-likeness (QED) is 0.614. The van der Waals surface area contributed by atoms with Crippen LogP contribution in [0.3, 0.4) is 0 Å². The lowest BCUT2D eigenvalue weighted by Gasteiger charge is -2.35. The maximum Gasteiger partial charge on any atom is 0.242 e. The van der Waals surface area contributed by atoms with E-state index in [0.717, 1.165) is 11.3 Å². The summed E-state index contributed by atoms with van der Waals surface area (Å²) in [5, 5.41) is 0. The molecule has 2 aromatic rings. The number of amides is 1. The van der Waals surface area contributed by atoms with Crippen molar-refractivity contribution in [2.45, 2.75) is 5.75 Å². The van der Waals surface area contributed by atoms with E-state index in [2.05, 4.69) is 0 Å².